The van der Waals surface area contributed by atoms with Gasteiger partial charge in [0, 0.05) is 10.6 Å². The maximum absolute atomic E-state index is 13.3. The lowest BCUT2D eigenvalue weighted by atomic mass is 10.1. The van der Waals surface area contributed by atoms with Crippen LogP contribution in [0.3, 0.4) is 0 Å². The highest BCUT2D eigenvalue weighted by molar-refractivity contribution is 7.15. The van der Waals surface area contributed by atoms with Crippen molar-refractivity contribution in [1.29, 1.82) is 0 Å². The van der Waals surface area contributed by atoms with Crippen LogP contribution in [0.2, 0.25) is 0 Å². The summed E-state index contributed by atoms with van der Waals surface area (Å²) < 4.78 is 13.3. The molecule has 1 heterocycles. The summed E-state index contributed by atoms with van der Waals surface area (Å²) in [6.07, 6.45) is 1.36. The second-order valence-corrected chi connectivity index (χ2v) is 5.98. The first-order valence-corrected chi connectivity index (χ1v) is 7.11. The maximum atomic E-state index is 13.3. The SMILES string of the molecule is Cc1cc(F)cc(Nc2nc3c(s2)CCC3C(=O)O)c1. The van der Waals surface area contributed by atoms with Gasteiger partial charge in [-0.1, -0.05) is 0 Å². The Bertz CT molecular complexity index is 664. The van der Waals surface area contributed by atoms with Gasteiger partial charge in [0.05, 0.1) is 5.69 Å². The summed E-state index contributed by atoms with van der Waals surface area (Å²) in [6.45, 7) is 1.82. The molecule has 0 spiro atoms. The molecule has 1 unspecified atom stereocenters. The van der Waals surface area contributed by atoms with E-state index in [4.69, 9.17) is 5.11 Å². The molecule has 0 aliphatic heterocycles. The molecule has 0 fully saturated rings. The summed E-state index contributed by atoms with van der Waals surface area (Å²) in [7, 11) is 0. The van der Waals surface area contributed by atoms with Crippen molar-refractivity contribution in [2.75, 3.05) is 5.32 Å². The molecule has 20 heavy (non-hydrogen) atoms. The Morgan fingerprint density at radius 2 is 2.30 bits per heavy atom. The minimum absolute atomic E-state index is 0.306. The Labute approximate surface area is 119 Å². The molecule has 1 aliphatic carbocycles. The van der Waals surface area contributed by atoms with Gasteiger partial charge in [-0.2, -0.15) is 0 Å². The Balaban J connectivity index is 1.86. The normalized spacial score (nSPS) is 17.0. The molecule has 2 aromatic rings. The number of aromatic nitrogens is 1. The fourth-order valence-electron chi connectivity index (χ4n) is 2.45. The number of aryl methyl sites for hydroxylation is 2. The van der Waals surface area contributed by atoms with Gasteiger partial charge in [0.25, 0.3) is 0 Å². The van der Waals surface area contributed by atoms with Gasteiger partial charge >= 0.3 is 5.97 Å². The monoisotopic (exact) mass is 292 g/mol. The summed E-state index contributed by atoms with van der Waals surface area (Å²) in [5, 5.41) is 12.8. The van der Waals surface area contributed by atoms with Gasteiger partial charge in [-0.05, 0) is 43.5 Å². The van der Waals surface area contributed by atoms with E-state index in [1.807, 2.05) is 13.0 Å². The summed E-state index contributed by atoms with van der Waals surface area (Å²) in [4.78, 5) is 16.5. The molecule has 104 valence electrons. The van der Waals surface area contributed by atoms with E-state index in [9.17, 15) is 9.18 Å². The summed E-state index contributed by atoms with van der Waals surface area (Å²) in [6, 6.07) is 4.67. The molecule has 1 aromatic carbocycles. The van der Waals surface area contributed by atoms with E-state index in [0.29, 0.717) is 22.9 Å². The number of aliphatic carboxylic acids is 1. The number of nitrogens with zero attached hydrogens (tertiary/aromatic N) is 1. The van der Waals surface area contributed by atoms with Crippen molar-refractivity contribution in [3.05, 3.63) is 40.2 Å². The quantitative estimate of drug-likeness (QED) is 0.909. The van der Waals surface area contributed by atoms with Crippen LogP contribution in [0.4, 0.5) is 15.2 Å². The number of benzene rings is 1. The lowest BCUT2D eigenvalue weighted by Crippen LogP contribution is -2.08. The third-order valence-corrected chi connectivity index (χ3v) is 4.36. The maximum Gasteiger partial charge on any atom is 0.312 e. The lowest BCUT2D eigenvalue weighted by Gasteiger charge is -2.05. The Morgan fingerprint density at radius 3 is 3.00 bits per heavy atom. The zero-order chi connectivity index (χ0) is 14.3. The van der Waals surface area contributed by atoms with E-state index >= 15 is 0 Å². The van der Waals surface area contributed by atoms with Crippen LogP contribution in [0, 0.1) is 12.7 Å². The van der Waals surface area contributed by atoms with E-state index in [-0.39, 0.29) is 5.82 Å². The summed E-state index contributed by atoms with van der Waals surface area (Å²) in [5.41, 5.74) is 2.10. The van der Waals surface area contributed by atoms with E-state index in [2.05, 4.69) is 10.3 Å². The van der Waals surface area contributed by atoms with Crippen molar-refractivity contribution in [2.45, 2.75) is 25.7 Å². The molecule has 2 N–H and O–H groups in total. The smallest absolute Gasteiger partial charge is 0.312 e. The Morgan fingerprint density at radius 1 is 1.50 bits per heavy atom. The number of hydrogen-bond donors (Lipinski definition) is 2. The van der Waals surface area contributed by atoms with Crippen LogP contribution in [0.25, 0.3) is 0 Å². The van der Waals surface area contributed by atoms with Crippen molar-refractivity contribution in [1.82, 2.24) is 4.98 Å². The average molecular weight is 292 g/mol. The van der Waals surface area contributed by atoms with E-state index in [1.165, 1.54) is 23.5 Å². The van der Waals surface area contributed by atoms with Crippen LogP contribution in [-0.4, -0.2) is 16.1 Å². The summed E-state index contributed by atoms with van der Waals surface area (Å²) >= 11 is 1.44. The van der Waals surface area contributed by atoms with Crippen molar-refractivity contribution >= 4 is 28.1 Å². The third-order valence-electron chi connectivity index (χ3n) is 3.31. The third kappa shape index (κ3) is 2.38. The van der Waals surface area contributed by atoms with Crippen LogP contribution in [0.5, 0.6) is 0 Å². The van der Waals surface area contributed by atoms with E-state index in [1.54, 1.807) is 0 Å². The molecule has 1 aromatic heterocycles. The fraction of sp³-hybridized carbons (Fsp3) is 0.286. The van der Waals surface area contributed by atoms with Gasteiger partial charge in [-0.15, -0.1) is 11.3 Å². The first-order valence-electron chi connectivity index (χ1n) is 6.29. The molecule has 1 aliphatic rings. The number of rotatable bonds is 3. The van der Waals surface area contributed by atoms with Crippen LogP contribution in [-0.2, 0) is 11.2 Å². The summed E-state index contributed by atoms with van der Waals surface area (Å²) in [5.74, 6) is -1.65. The second kappa shape index (κ2) is 4.86. The van der Waals surface area contributed by atoms with Crippen LogP contribution < -0.4 is 5.32 Å². The molecule has 0 radical (unpaired) electrons. The van der Waals surface area contributed by atoms with Crippen molar-refractivity contribution in [3.8, 4) is 0 Å². The topological polar surface area (TPSA) is 62.2 Å². The largest absolute Gasteiger partial charge is 0.481 e. The highest BCUT2D eigenvalue weighted by Crippen LogP contribution is 2.39. The first-order chi connectivity index (χ1) is 9.52. The molecule has 4 nitrogen and oxygen atoms in total. The van der Waals surface area contributed by atoms with Gasteiger partial charge in [-0.3, -0.25) is 4.79 Å². The molecule has 6 heteroatoms. The van der Waals surface area contributed by atoms with Crippen molar-refractivity contribution in [2.24, 2.45) is 0 Å². The zero-order valence-corrected chi connectivity index (χ0v) is 11.6. The number of carboxylic acid groups (broad SMARTS) is 1. The average Bonchev–Trinajstić information content (AvgIpc) is 2.85. The molecule has 1 atom stereocenters. The number of nitrogens with one attached hydrogen (secondary N) is 1. The molecule has 0 saturated heterocycles. The number of anilines is 2. The number of halogens is 1. The molecular formula is C14H13FN2O2S. The van der Waals surface area contributed by atoms with Crippen molar-refractivity contribution in [3.63, 3.8) is 0 Å². The van der Waals surface area contributed by atoms with Gasteiger partial charge in [-0.25, -0.2) is 9.37 Å². The van der Waals surface area contributed by atoms with Gasteiger partial charge in [0.2, 0.25) is 0 Å². The predicted octanol–water partition coefficient (Wildman–Crippen LogP) is 3.45. The highest BCUT2D eigenvalue weighted by atomic mass is 32.1. The van der Waals surface area contributed by atoms with E-state index < -0.39 is 11.9 Å². The van der Waals surface area contributed by atoms with Gasteiger partial charge < -0.3 is 10.4 Å². The van der Waals surface area contributed by atoms with Gasteiger partial charge in [0.15, 0.2) is 5.13 Å². The minimum atomic E-state index is -0.831. The molecular weight excluding hydrogens is 279 g/mol. The second-order valence-electron chi connectivity index (χ2n) is 4.90. The Hall–Kier alpha value is -1.95. The molecule has 3 rings (SSSR count). The first kappa shape index (κ1) is 13.1. The fourth-order valence-corrected chi connectivity index (χ4v) is 3.51. The lowest BCUT2D eigenvalue weighted by molar-refractivity contribution is -0.138. The van der Waals surface area contributed by atoms with E-state index in [0.717, 1.165) is 16.9 Å². The number of carbonyl (C=O) groups is 1. The molecule has 0 saturated carbocycles. The van der Waals surface area contributed by atoms with Crippen LogP contribution in [0.1, 0.15) is 28.5 Å². The van der Waals surface area contributed by atoms with Crippen LogP contribution in [0.15, 0.2) is 18.2 Å². The van der Waals surface area contributed by atoms with Gasteiger partial charge in [0.1, 0.15) is 11.7 Å². The zero-order valence-electron chi connectivity index (χ0n) is 10.8. The molecule has 0 bridgehead atoms. The minimum Gasteiger partial charge on any atom is -0.481 e. The standard InChI is InChI=1S/C14H13FN2O2S/c1-7-4-8(15)6-9(5-7)16-14-17-12-10(13(18)19)2-3-11(12)20-14/h4-6,10H,2-3H2,1H3,(H,16,17)(H,18,19). The number of fused-ring (bicyclic) bond motifs is 1. The van der Waals surface area contributed by atoms with Crippen molar-refractivity contribution < 1.29 is 14.3 Å². The number of hydrogen-bond acceptors (Lipinski definition) is 4. The number of thiazole rings is 1. The Kier molecular flexibility index (Phi) is 3.17. The number of carboxylic acids is 1. The predicted molar refractivity (Wildman–Crippen MR) is 75.2 cm³/mol. The molecule has 0 amide bonds. The van der Waals surface area contributed by atoms with Crippen LogP contribution >= 0.6 is 11.3 Å². The highest BCUT2D eigenvalue weighted by Gasteiger charge is 2.32.